The van der Waals surface area contributed by atoms with Gasteiger partial charge in [0.1, 0.15) is 6.04 Å². The Balaban J connectivity index is 3.88. The Morgan fingerprint density at radius 3 is 2.21 bits per heavy atom. The minimum absolute atomic E-state index is 0.0800. The normalized spacial score (nSPS) is 12.4. The van der Waals surface area contributed by atoms with Gasteiger partial charge in [-0.25, -0.2) is 0 Å². The molecule has 0 fully saturated rings. The van der Waals surface area contributed by atoms with Crippen LogP contribution < -0.4 is 16.4 Å². The van der Waals surface area contributed by atoms with E-state index in [1.165, 1.54) is 0 Å². The van der Waals surface area contributed by atoms with Crippen LogP contribution in [0.5, 0.6) is 0 Å². The Morgan fingerprint density at radius 1 is 1.21 bits per heavy atom. The summed E-state index contributed by atoms with van der Waals surface area (Å²) in [6.45, 7) is 5.68. The summed E-state index contributed by atoms with van der Waals surface area (Å²) in [5, 5.41) is 5.26. The van der Waals surface area contributed by atoms with Crippen LogP contribution in [0.3, 0.4) is 0 Å². The molecular weight excluding hydrogens is 182 g/mol. The smallest absolute Gasteiger partial charge is 0.242 e. The largest absolute Gasteiger partial charge is 0.352 e. The predicted octanol–water partition coefficient (Wildman–Crippen LogP) is -0.635. The van der Waals surface area contributed by atoms with Gasteiger partial charge in [0.05, 0.1) is 0 Å². The zero-order valence-corrected chi connectivity index (χ0v) is 8.96. The predicted molar refractivity (Wildman–Crippen MR) is 54.6 cm³/mol. The fourth-order valence-electron chi connectivity index (χ4n) is 0.920. The van der Waals surface area contributed by atoms with Gasteiger partial charge in [-0.3, -0.25) is 9.59 Å². The van der Waals surface area contributed by atoms with Crippen molar-refractivity contribution in [1.29, 1.82) is 0 Å². The SMILES string of the molecule is CC(C)NC(=O)C(C)NC(=O)CCN. The average molecular weight is 201 g/mol. The Labute approximate surface area is 84.4 Å². The summed E-state index contributed by atoms with van der Waals surface area (Å²) in [5.74, 6) is -0.371. The lowest BCUT2D eigenvalue weighted by atomic mass is 10.2. The first-order valence-electron chi connectivity index (χ1n) is 4.77. The van der Waals surface area contributed by atoms with Gasteiger partial charge in [0.2, 0.25) is 11.8 Å². The molecule has 0 aliphatic rings. The van der Waals surface area contributed by atoms with Crippen LogP contribution in [0.4, 0.5) is 0 Å². The molecule has 0 spiro atoms. The number of hydrogen-bond donors (Lipinski definition) is 3. The monoisotopic (exact) mass is 201 g/mol. The molecule has 0 rings (SSSR count). The van der Waals surface area contributed by atoms with Crippen LogP contribution in [0.25, 0.3) is 0 Å². The fraction of sp³-hybridized carbons (Fsp3) is 0.778. The molecule has 0 saturated carbocycles. The zero-order chi connectivity index (χ0) is 11.1. The highest BCUT2D eigenvalue weighted by molar-refractivity contribution is 5.87. The maximum atomic E-state index is 11.3. The lowest BCUT2D eigenvalue weighted by molar-refractivity contribution is -0.128. The second-order valence-corrected chi connectivity index (χ2v) is 3.49. The van der Waals surface area contributed by atoms with Gasteiger partial charge in [0.25, 0.3) is 0 Å². The summed E-state index contributed by atoms with van der Waals surface area (Å²) in [6, 6.07) is -0.423. The van der Waals surface area contributed by atoms with Crippen molar-refractivity contribution >= 4 is 11.8 Å². The van der Waals surface area contributed by atoms with Crippen molar-refractivity contribution < 1.29 is 9.59 Å². The van der Waals surface area contributed by atoms with Gasteiger partial charge in [-0.2, -0.15) is 0 Å². The van der Waals surface area contributed by atoms with E-state index >= 15 is 0 Å². The molecule has 5 heteroatoms. The zero-order valence-electron chi connectivity index (χ0n) is 8.96. The summed E-state index contributed by atoms with van der Waals surface area (Å²) in [5.41, 5.74) is 5.20. The van der Waals surface area contributed by atoms with Crippen molar-refractivity contribution in [3.05, 3.63) is 0 Å². The van der Waals surface area contributed by atoms with Crippen LogP contribution in [0.15, 0.2) is 0 Å². The Bertz CT molecular complexity index is 204. The van der Waals surface area contributed by atoms with E-state index in [0.717, 1.165) is 0 Å². The third-order valence-electron chi connectivity index (χ3n) is 1.57. The molecule has 0 saturated heterocycles. The van der Waals surface area contributed by atoms with Gasteiger partial charge in [-0.15, -0.1) is 0 Å². The van der Waals surface area contributed by atoms with E-state index in [2.05, 4.69) is 10.6 Å². The molecular formula is C9H19N3O2. The van der Waals surface area contributed by atoms with Crippen molar-refractivity contribution in [2.24, 2.45) is 5.73 Å². The van der Waals surface area contributed by atoms with Crippen LogP contribution in [0.2, 0.25) is 0 Å². The summed E-state index contributed by atoms with van der Waals surface area (Å²) in [6.07, 6.45) is 0.249. The number of nitrogens with two attached hydrogens (primary N) is 1. The molecule has 0 aliphatic heterocycles. The number of nitrogens with one attached hydrogen (secondary N) is 2. The lowest BCUT2D eigenvalue weighted by Gasteiger charge is -2.15. The molecule has 0 heterocycles. The number of amides is 2. The fourth-order valence-corrected chi connectivity index (χ4v) is 0.920. The van der Waals surface area contributed by atoms with Crippen molar-refractivity contribution in [2.75, 3.05) is 6.54 Å². The molecule has 0 radical (unpaired) electrons. The first-order chi connectivity index (χ1) is 6.47. The van der Waals surface area contributed by atoms with E-state index in [4.69, 9.17) is 5.73 Å². The van der Waals surface area contributed by atoms with Crippen LogP contribution in [-0.2, 0) is 9.59 Å². The van der Waals surface area contributed by atoms with Crippen molar-refractivity contribution in [2.45, 2.75) is 39.3 Å². The molecule has 4 N–H and O–H groups in total. The summed E-state index contributed by atoms with van der Waals surface area (Å²) < 4.78 is 0. The summed E-state index contributed by atoms with van der Waals surface area (Å²) in [4.78, 5) is 22.4. The summed E-state index contributed by atoms with van der Waals surface area (Å²) >= 11 is 0. The maximum absolute atomic E-state index is 11.3. The number of carbonyl (C=O) groups is 2. The Kier molecular flexibility index (Phi) is 5.87. The Morgan fingerprint density at radius 2 is 1.79 bits per heavy atom. The van der Waals surface area contributed by atoms with Crippen LogP contribution in [0.1, 0.15) is 27.2 Å². The van der Waals surface area contributed by atoms with Gasteiger partial charge in [0.15, 0.2) is 0 Å². The van der Waals surface area contributed by atoms with Crippen LogP contribution in [0, 0.1) is 0 Å². The van der Waals surface area contributed by atoms with Gasteiger partial charge in [-0.1, -0.05) is 0 Å². The van der Waals surface area contributed by atoms with Gasteiger partial charge in [0, 0.05) is 19.0 Å². The molecule has 0 aromatic rings. The van der Waals surface area contributed by atoms with E-state index in [1.807, 2.05) is 13.8 Å². The maximum Gasteiger partial charge on any atom is 0.242 e. The van der Waals surface area contributed by atoms with E-state index in [-0.39, 0.29) is 24.3 Å². The molecule has 0 bridgehead atoms. The van der Waals surface area contributed by atoms with Crippen LogP contribution >= 0.6 is 0 Å². The number of hydrogen-bond acceptors (Lipinski definition) is 3. The summed E-state index contributed by atoms with van der Waals surface area (Å²) in [7, 11) is 0. The first-order valence-corrected chi connectivity index (χ1v) is 4.77. The van der Waals surface area contributed by atoms with E-state index in [9.17, 15) is 9.59 Å². The lowest BCUT2D eigenvalue weighted by Crippen LogP contribution is -2.47. The van der Waals surface area contributed by atoms with E-state index < -0.39 is 6.04 Å². The molecule has 5 nitrogen and oxygen atoms in total. The molecule has 0 aromatic heterocycles. The molecule has 2 amide bonds. The highest BCUT2D eigenvalue weighted by Crippen LogP contribution is 1.86. The van der Waals surface area contributed by atoms with Crippen molar-refractivity contribution in [1.82, 2.24) is 10.6 Å². The quantitative estimate of drug-likeness (QED) is 0.553. The first kappa shape index (κ1) is 12.9. The topological polar surface area (TPSA) is 84.2 Å². The van der Waals surface area contributed by atoms with Gasteiger partial charge in [-0.05, 0) is 20.8 Å². The minimum atomic E-state index is -0.503. The van der Waals surface area contributed by atoms with Gasteiger partial charge < -0.3 is 16.4 Å². The molecule has 1 unspecified atom stereocenters. The Hall–Kier alpha value is -1.10. The van der Waals surface area contributed by atoms with Crippen molar-refractivity contribution in [3.8, 4) is 0 Å². The van der Waals surface area contributed by atoms with Crippen LogP contribution in [-0.4, -0.2) is 30.4 Å². The van der Waals surface area contributed by atoms with Crippen molar-refractivity contribution in [3.63, 3.8) is 0 Å². The third kappa shape index (κ3) is 5.53. The third-order valence-corrected chi connectivity index (χ3v) is 1.57. The molecule has 1 atom stereocenters. The highest BCUT2D eigenvalue weighted by atomic mass is 16.2. The minimum Gasteiger partial charge on any atom is -0.352 e. The highest BCUT2D eigenvalue weighted by Gasteiger charge is 2.15. The molecule has 14 heavy (non-hydrogen) atoms. The average Bonchev–Trinajstić information content (AvgIpc) is 2.02. The number of rotatable bonds is 5. The van der Waals surface area contributed by atoms with Gasteiger partial charge >= 0.3 is 0 Å². The van der Waals surface area contributed by atoms with E-state index in [0.29, 0.717) is 6.54 Å². The van der Waals surface area contributed by atoms with E-state index in [1.54, 1.807) is 6.92 Å². The molecule has 0 aliphatic carbocycles. The number of carbonyl (C=O) groups excluding carboxylic acids is 2. The molecule has 82 valence electrons. The molecule has 0 aromatic carbocycles. The second kappa shape index (κ2) is 6.37. The second-order valence-electron chi connectivity index (χ2n) is 3.49. The standard InChI is InChI=1S/C9H19N3O2/c1-6(2)11-9(14)7(3)12-8(13)4-5-10/h6-7H,4-5,10H2,1-3H3,(H,11,14)(H,12,13).